The molecule has 2 aromatic rings. The maximum Gasteiger partial charge on any atom is 0.407 e. The zero-order chi connectivity index (χ0) is 24.9. The highest BCUT2D eigenvalue weighted by Gasteiger charge is 2.39. The summed E-state index contributed by atoms with van der Waals surface area (Å²) in [5, 5.41) is 12.1. The number of benzene rings is 2. The van der Waals surface area contributed by atoms with E-state index in [1.807, 2.05) is 31.2 Å². The molecule has 0 bridgehead atoms. The van der Waals surface area contributed by atoms with Crippen molar-refractivity contribution in [3.05, 3.63) is 59.7 Å². The molecule has 2 aliphatic rings. The second-order valence-electron chi connectivity index (χ2n) is 9.37. The van der Waals surface area contributed by atoms with E-state index in [0.717, 1.165) is 11.1 Å². The number of carbonyl (C=O) groups excluding carboxylic acids is 2. The zero-order valence-corrected chi connectivity index (χ0v) is 20.1. The Morgan fingerprint density at radius 2 is 1.69 bits per heavy atom. The van der Waals surface area contributed by atoms with Crippen LogP contribution >= 0.6 is 0 Å². The fourth-order valence-corrected chi connectivity index (χ4v) is 4.99. The maximum atomic E-state index is 12.5. The fraction of sp³-hybridized carbons (Fsp3) is 0.444. The molecule has 2 aromatic carbocycles. The van der Waals surface area contributed by atoms with Gasteiger partial charge in [0.05, 0.1) is 6.10 Å². The van der Waals surface area contributed by atoms with Crippen LogP contribution in [0.3, 0.4) is 0 Å². The van der Waals surface area contributed by atoms with E-state index >= 15 is 0 Å². The van der Waals surface area contributed by atoms with Crippen LogP contribution in [-0.2, 0) is 19.1 Å². The van der Waals surface area contributed by atoms with Gasteiger partial charge in [-0.05, 0) is 34.6 Å². The third-order valence-electron chi connectivity index (χ3n) is 7.03. The summed E-state index contributed by atoms with van der Waals surface area (Å²) in [4.78, 5) is 37.8. The Labute approximate surface area is 205 Å². The molecule has 186 valence electrons. The lowest BCUT2D eigenvalue weighted by molar-refractivity contribution is -0.144. The number of nitrogens with zero attached hydrogens (tertiary/aromatic N) is 1. The summed E-state index contributed by atoms with van der Waals surface area (Å²) >= 11 is 0. The summed E-state index contributed by atoms with van der Waals surface area (Å²) in [5.41, 5.74) is 4.69. The fourth-order valence-electron chi connectivity index (χ4n) is 4.99. The highest BCUT2D eigenvalue weighted by Crippen LogP contribution is 2.44. The standard InChI is InChI=1S/C27H32N2O6/c1-17(11-12-25(30)29-14-22(26(31)32)24(15-29)34-2)13-28-27(33)35-16-23-20-9-5-3-7-18(20)19-8-4-6-10-21(19)23/h3-10,17,22-24H,11-16H2,1-2H3,(H,28,33)(H,31,32). The summed E-state index contributed by atoms with van der Waals surface area (Å²) in [7, 11) is 1.46. The Kier molecular flexibility index (Phi) is 7.70. The first-order chi connectivity index (χ1) is 16.9. The van der Waals surface area contributed by atoms with E-state index in [2.05, 4.69) is 29.6 Å². The van der Waals surface area contributed by atoms with Crippen molar-refractivity contribution in [3.8, 4) is 11.1 Å². The number of aliphatic carboxylic acids is 1. The van der Waals surface area contributed by atoms with E-state index in [1.54, 1.807) is 4.90 Å². The second-order valence-corrected chi connectivity index (χ2v) is 9.37. The normalized spacial score (nSPS) is 19.7. The second kappa shape index (κ2) is 10.9. The number of likely N-dealkylation sites (tertiary alicyclic amines) is 1. The highest BCUT2D eigenvalue weighted by atomic mass is 16.5. The van der Waals surface area contributed by atoms with Crippen LogP contribution in [0.2, 0.25) is 0 Å². The molecule has 2 amide bonds. The maximum absolute atomic E-state index is 12.5. The number of hydrogen-bond acceptors (Lipinski definition) is 5. The first-order valence-corrected chi connectivity index (χ1v) is 12.0. The lowest BCUT2D eigenvalue weighted by Gasteiger charge is -2.18. The van der Waals surface area contributed by atoms with E-state index < -0.39 is 24.1 Å². The van der Waals surface area contributed by atoms with Gasteiger partial charge in [0.25, 0.3) is 0 Å². The Morgan fingerprint density at radius 3 is 2.26 bits per heavy atom. The van der Waals surface area contributed by atoms with Crippen LogP contribution in [0.5, 0.6) is 0 Å². The number of carbonyl (C=O) groups is 3. The van der Waals surface area contributed by atoms with Crippen LogP contribution in [0.15, 0.2) is 48.5 Å². The molecule has 0 saturated carbocycles. The van der Waals surface area contributed by atoms with Gasteiger partial charge in [0, 0.05) is 39.1 Å². The molecule has 1 saturated heterocycles. The van der Waals surface area contributed by atoms with Gasteiger partial charge < -0.3 is 24.8 Å². The molecular formula is C27H32N2O6. The third-order valence-corrected chi connectivity index (χ3v) is 7.03. The lowest BCUT2D eigenvalue weighted by Crippen LogP contribution is -2.32. The summed E-state index contributed by atoms with van der Waals surface area (Å²) in [6, 6.07) is 16.4. The average Bonchev–Trinajstić information content (AvgIpc) is 3.45. The molecule has 1 fully saturated rings. The SMILES string of the molecule is COC1CN(C(=O)CCC(C)CNC(=O)OCC2c3ccccc3-c3ccccc32)CC1C(=O)O. The molecule has 4 rings (SSSR count). The van der Waals surface area contributed by atoms with Gasteiger partial charge in [-0.3, -0.25) is 9.59 Å². The average molecular weight is 481 g/mol. The summed E-state index contributed by atoms with van der Waals surface area (Å²) in [6.07, 6.45) is -0.0917. The largest absolute Gasteiger partial charge is 0.481 e. The molecule has 8 nitrogen and oxygen atoms in total. The molecule has 3 atom stereocenters. The molecular weight excluding hydrogens is 448 g/mol. The number of ether oxygens (including phenoxy) is 2. The van der Waals surface area contributed by atoms with Gasteiger partial charge in [-0.25, -0.2) is 4.79 Å². The molecule has 1 heterocycles. The van der Waals surface area contributed by atoms with Crippen molar-refractivity contribution in [2.45, 2.75) is 31.8 Å². The number of amides is 2. The van der Waals surface area contributed by atoms with E-state index in [9.17, 15) is 19.5 Å². The van der Waals surface area contributed by atoms with Crippen molar-refractivity contribution in [1.29, 1.82) is 0 Å². The lowest BCUT2D eigenvalue weighted by atomic mass is 9.98. The molecule has 35 heavy (non-hydrogen) atoms. The van der Waals surface area contributed by atoms with Crippen LogP contribution in [-0.4, -0.2) is 67.4 Å². The predicted molar refractivity (Wildman–Crippen MR) is 130 cm³/mol. The van der Waals surface area contributed by atoms with Gasteiger partial charge in [0.1, 0.15) is 12.5 Å². The van der Waals surface area contributed by atoms with E-state index in [-0.39, 0.29) is 37.3 Å². The number of rotatable bonds is 9. The Hall–Kier alpha value is -3.39. The Morgan fingerprint density at radius 1 is 1.06 bits per heavy atom. The monoisotopic (exact) mass is 480 g/mol. The van der Waals surface area contributed by atoms with Crippen molar-refractivity contribution in [1.82, 2.24) is 10.2 Å². The number of fused-ring (bicyclic) bond motifs is 3. The molecule has 0 radical (unpaired) electrons. The molecule has 1 aliphatic heterocycles. The first kappa shape index (κ1) is 24.7. The minimum atomic E-state index is -0.951. The van der Waals surface area contributed by atoms with Gasteiger partial charge in [0.15, 0.2) is 0 Å². The molecule has 0 spiro atoms. The molecule has 1 aliphatic carbocycles. The van der Waals surface area contributed by atoms with Crippen LogP contribution < -0.4 is 5.32 Å². The number of nitrogens with one attached hydrogen (secondary N) is 1. The highest BCUT2D eigenvalue weighted by molar-refractivity contribution is 5.80. The zero-order valence-electron chi connectivity index (χ0n) is 20.1. The van der Waals surface area contributed by atoms with Crippen molar-refractivity contribution in [2.24, 2.45) is 11.8 Å². The Balaban J connectivity index is 1.21. The van der Waals surface area contributed by atoms with Gasteiger partial charge in [-0.15, -0.1) is 0 Å². The topological polar surface area (TPSA) is 105 Å². The summed E-state index contributed by atoms with van der Waals surface area (Å²) < 4.78 is 10.8. The summed E-state index contributed by atoms with van der Waals surface area (Å²) in [5.74, 6) is -1.67. The van der Waals surface area contributed by atoms with E-state index in [4.69, 9.17) is 9.47 Å². The minimum Gasteiger partial charge on any atom is -0.481 e. The molecule has 2 N–H and O–H groups in total. The summed E-state index contributed by atoms with van der Waals surface area (Å²) in [6.45, 7) is 3.06. The van der Waals surface area contributed by atoms with Crippen LogP contribution in [0.25, 0.3) is 11.1 Å². The van der Waals surface area contributed by atoms with Crippen LogP contribution in [0.4, 0.5) is 4.79 Å². The number of hydrogen-bond donors (Lipinski definition) is 2. The number of methoxy groups -OCH3 is 1. The van der Waals surface area contributed by atoms with Crippen LogP contribution in [0.1, 0.15) is 36.8 Å². The van der Waals surface area contributed by atoms with Gasteiger partial charge in [-0.1, -0.05) is 55.5 Å². The van der Waals surface area contributed by atoms with E-state index in [1.165, 1.54) is 18.2 Å². The first-order valence-electron chi connectivity index (χ1n) is 12.0. The number of carboxylic acid groups (broad SMARTS) is 1. The van der Waals surface area contributed by atoms with Gasteiger partial charge >= 0.3 is 12.1 Å². The van der Waals surface area contributed by atoms with Crippen molar-refractivity contribution >= 4 is 18.0 Å². The van der Waals surface area contributed by atoms with E-state index in [0.29, 0.717) is 19.5 Å². The van der Waals surface area contributed by atoms with Crippen molar-refractivity contribution in [3.63, 3.8) is 0 Å². The number of carboxylic acids is 1. The number of alkyl carbamates (subject to hydrolysis) is 1. The quantitative estimate of drug-likeness (QED) is 0.569. The van der Waals surface area contributed by atoms with Gasteiger partial charge in [-0.2, -0.15) is 0 Å². The van der Waals surface area contributed by atoms with Crippen LogP contribution in [0, 0.1) is 11.8 Å². The smallest absolute Gasteiger partial charge is 0.407 e. The minimum absolute atomic E-state index is 0.00853. The molecule has 0 aromatic heterocycles. The molecule has 8 heteroatoms. The molecule has 3 unspecified atom stereocenters. The van der Waals surface area contributed by atoms with Gasteiger partial charge in [0.2, 0.25) is 5.91 Å². The Bertz CT molecular complexity index is 1040. The predicted octanol–water partition coefficient (Wildman–Crippen LogP) is 3.50. The third kappa shape index (κ3) is 5.48. The van der Waals surface area contributed by atoms with Crippen molar-refractivity contribution < 1.29 is 29.0 Å². The van der Waals surface area contributed by atoms with Crippen molar-refractivity contribution in [2.75, 3.05) is 33.4 Å².